The van der Waals surface area contributed by atoms with Gasteiger partial charge < -0.3 is 5.11 Å². The summed E-state index contributed by atoms with van der Waals surface area (Å²) >= 11 is 0. The quantitative estimate of drug-likeness (QED) is 0.589. The van der Waals surface area contributed by atoms with Crippen LogP contribution in [0.2, 0.25) is 0 Å². The molecule has 0 bridgehead atoms. The molecule has 0 aromatic heterocycles. The smallest absolute Gasteiger partial charge is 0.404 e. The zero-order valence-corrected chi connectivity index (χ0v) is 9.23. The van der Waals surface area contributed by atoms with Crippen LogP contribution >= 0.6 is 0 Å². The van der Waals surface area contributed by atoms with Crippen LogP contribution < -0.4 is 0 Å². The zero-order chi connectivity index (χ0) is 9.52. The molecule has 0 saturated carbocycles. The average Bonchev–Trinajstić information content (AvgIpc) is 2.76. The van der Waals surface area contributed by atoms with E-state index in [0.29, 0.717) is 0 Å². The molecule has 0 aliphatic rings. The van der Waals surface area contributed by atoms with E-state index >= 15 is 0 Å². The maximum absolute atomic E-state index is 8.61. The van der Waals surface area contributed by atoms with Gasteiger partial charge in [-0.2, -0.15) is 29.8 Å². The van der Waals surface area contributed by atoms with E-state index in [2.05, 4.69) is 0 Å². The summed E-state index contributed by atoms with van der Waals surface area (Å²) in [4.78, 5) is 0. The zero-order valence-electron chi connectivity index (χ0n) is 8.13. The standard InChI is InChI=1S/C7H9O.C5H5.Fe/c1-6-3-2-4-7(6)5-8;1-2-4-5-3-1;/h2-4,8H,5H2,1H3;1-5H;/q2*-1;+2. The first-order valence-corrected chi connectivity index (χ1v) is 4.33. The summed E-state index contributed by atoms with van der Waals surface area (Å²) in [7, 11) is 0. The molecule has 14 heavy (non-hydrogen) atoms. The second-order valence-corrected chi connectivity index (χ2v) is 2.85. The summed E-state index contributed by atoms with van der Waals surface area (Å²) < 4.78 is 0. The Labute approximate surface area is 95.6 Å². The topological polar surface area (TPSA) is 20.2 Å². The third-order valence-corrected chi connectivity index (χ3v) is 1.88. The maximum Gasteiger partial charge on any atom is 2.00 e. The van der Waals surface area contributed by atoms with Gasteiger partial charge in [0.05, 0.1) is 0 Å². The maximum atomic E-state index is 8.61. The van der Waals surface area contributed by atoms with Gasteiger partial charge in [0.25, 0.3) is 0 Å². The van der Waals surface area contributed by atoms with Gasteiger partial charge in [-0.15, -0.1) is 5.56 Å². The predicted octanol–water partition coefficient (Wildman–Crippen LogP) is 2.61. The van der Waals surface area contributed by atoms with Crippen LogP contribution in [-0.2, 0) is 23.7 Å². The van der Waals surface area contributed by atoms with Crippen molar-refractivity contribution in [1.29, 1.82) is 0 Å². The minimum absolute atomic E-state index is 0. The Balaban J connectivity index is 0.000000246. The second kappa shape index (κ2) is 7.57. The molecule has 0 aliphatic heterocycles. The minimum atomic E-state index is 0. The van der Waals surface area contributed by atoms with Crippen LogP contribution in [0.4, 0.5) is 0 Å². The van der Waals surface area contributed by atoms with Crippen LogP contribution in [0.3, 0.4) is 0 Å². The van der Waals surface area contributed by atoms with Gasteiger partial charge in [-0.1, -0.05) is 6.92 Å². The van der Waals surface area contributed by atoms with Crippen LogP contribution in [0.1, 0.15) is 11.1 Å². The van der Waals surface area contributed by atoms with Crippen LogP contribution in [0, 0.1) is 6.92 Å². The van der Waals surface area contributed by atoms with E-state index in [9.17, 15) is 0 Å². The first-order chi connectivity index (χ1) is 6.34. The van der Waals surface area contributed by atoms with E-state index in [0.717, 1.165) is 5.56 Å². The van der Waals surface area contributed by atoms with Crippen molar-refractivity contribution in [2.75, 3.05) is 0 Å². The van der Waals surface area contributed by atoms with E-state index in [4.69, 9.17) is 5.11 Å². The van der Waals surface area contributed by atoms with Gasteiger partial charge in [0.2, 0.25) is 0 Å². The van der Waals surface area contributed by atoms with Crippen molar-refractivity contribution in [3.05, 3.63) is 59.7 Å². The number of hydrogen-bond acceptors (Lipinski definition) is 1. The van der Waals surface area contributed by atoms with E-state index in [-0.39, 0.29) is 23.7 Å². The molecule has 0 saturated heterocycles. The largest absolute Gasteiger partial charge is 2.00 e. The van der Waals surface area contributed by atoms with E-state index in [1.807, 2.05) is 55.5 Å². The number of aliphatic hydroxyl groups excluding tert-OH is 1. The first-order valence-electron chi connectivity index (χ1n) is 4.33. The molecule has 0 aliphatic carbocycles. The first kappa shape index (κ1) is 13.2. The summed E-state index contributed by atoms with van der Waals surface area (Å²) in [6.07, 6.45) is 0. The molecule has 76 valence electrons. The Morgan fingerprint density at radius 2 is 1.93 bits per heavy atom. The van der Waals surface area contributed by atoms with Crippen molar-refractivity contribution < 1.29 is 22.2 Å². The normalized spacial score (nSPS) is 8.43. The monoisotopic (exact) mass is 230 g/mol. The fourth-order valence-electron chi connectivity index (χ4n) is 1.05. The van der Waals surface area contributed by atoms with Gasteiger partial charge in [0, 0.05) is 6.61 Å². The van der Waals surface area contributed by atoms with Crippen molar-refractivity contribution in [1.82, 2.24) is 0 Å². The Morgan fingerprint density at radius 1 is 1.29 bits per heavy atom. The number of rotatable bonds is 1. The van der Waals surface area contributed by atoms with Crippen molar-refractivity contribution in [2.45, 2.75) is 13.5 Å². The fourth-order valence-corrected chi connectivity index (χ4v) is 1.05. The molecule has 1 N–H and O–H groups in total. The third-order valence-electron chi connectivity index (χ3n) is 1.88. The van der Waals surface area contributed by atoms with Gasteiger partial charge in [-0.05, 0) is 0 Å². The molecule has 1 nitrogen and oxygen atoms in total. The van der Waals surface area contributed by atoms with Crippen molar-refractivity contribution in [2.24, 2.45) is 0 Å². The van der Waals surface area contributed by atoms with Crippen LogP contribution in [-0.4, -0.2) is 5.11 Å². The van der Waals surface area contributed by atoms with E-state index in [1.54, 1.807) is 0 Å². The molecular weight excluding hydrogens is 216 g/mol. The van der Waals surface area contributed by atoms with Crippen LogP contribution in [0.5, 0.6) is 0 Å². The second-order valence-electron chi connectivity index (χ2n) is 2.85. The van der Waals surface area contributed by atoms with Crippen LogP contribution in [0.25, 0.3) is 0 Å². The van der Waals surface area contributed by atoms with Gasteiger partial charge in [-0.25, -0.2) is 24.3 Å². The van der Waals surface area contributed by atoms with E-state index in [1.165, 1.54) is 5.56 Å². The SMILES string of the molecule is Cc1ccc[c-]1CO.[Fe+2].c1cc[cH-]c1. The Hall–Kier alpha value is -0.821. The van der Waals surface area contributed by atoms with Crippen LogP contribution in [0.15, 0.2) is 48.5 Å². The van der Waals surface area contributed by atoms with Gasteiger partial charge in [-0.3, -0.25) is 0 Å². The molecule has 0 amide bonds. The Bertz CT molecular complexity index is 291. The number of aryl methyl sites for hydroxylation is 1. The summed E-state index contributed by atoms with van der Waals surface area (Å²) in [6.45, 7) is 2.16. The Morgan fingerprint density at radius 3 is 2.14 bits per heavy atom. The minimum Gasteiger partial charge on any atom is -0.404 e. The third kappa shape index (κ3) is 4.43. The van der Waals surface area contributed by atoms with Crippen molar-refractivity contribution >= 4 is 0 Å². The summed E-state index contributed by atoms with van der Waals surface area (Å²) in [5, 5.41) is 8.61. The molecule has 2 aromatic carbocycles. The van der Waals surface area contributed by atoms with Gasteiger partial charge in [0.15, 0.2) is 0 Å². The van der Waals surface area contributed by atoms with Crippen molar-refractivity contribution in [3.63, 3.8) is 0 Å². The molecule has 0 atom stereocenters. The molecular formula is C12H14FeO. The molecule has 0 spiro atoms. The molecule has 0 fully saturated rings. The fraction of sp³-hybridized carbons (Fsp3) is 0.167. The van der Waals surface area contributed by atoms with Gasteiger partial charge in [0.1, 0.15) is 0 Å². The predicted molar refractivity (Wildman–Crippen MR) is 54.7 cm³/mol. The molecule has 2 rings (SSSR count). The average molecular weight is 230 g/mol. The van der Waals surface area contributed by atoms with Crippen molar-refractivity contribution in [3.8, 4) is 0 Å². The van der Waals surface area contributed by atoms with Gasteiger partial charge >= 0.3 is 17.1 Å². The summed E-state index contributed by atoms with van der Waals surface area (Å²) in [5.41, 5.74) is 2.21. The van der Waals surface area contributed by atoms with E-state index < -0.39 is 0 Å². The Kier molecular flexibility index (Phi) is 7.13. The summed E-state index contributed by atoms with van der Waals surface area (Å²) in [6, 6.07) is 15.9. The number of hydrogen-bond donors (Lipinski definition) is 1. The molecule has 0 unspecified atom stereocenters. The molecule has 2 heteroatoms. The molecule has 0 radical (unpaired) electrons. The number of aliphatic hydroxyl groups is 1. The summed E-state index contributed by atoms with van der Waals surface area (Å²) in [5.74, 6) is 0. The molecule has 2 aromatic rings. The molecule has 0 heterocycles.